The third kappa shape index (κ3) is 3.54. The minimum Gasteiger partial charge on any atom is -0.483 e. The van der Waals surface area contributed by atoms with E-state index in [0.717, 1.165) is 12.1 Å². The van der Waals surface area contributed by atoms with Gasteiger partial charge in [-0.15, -0.1) is 10.2 Å². The summed E-state index contributed by atoms with van der Waals surface area (Å²) >= 11 is 0. The quantitative estimate of drug-likeness (QED) is 0.881. The molecule has 1 N–H and O–H groups in total. The Kier molecular flexibility index (Phi) is 4.68. The number of aryl methyl sites for hydroxylation is 1. The maximum Gasteiger partial charge on any atom is 0.253 e. The van der Waals surface area contributed by atoms with E-state index < -0.39 is 0 Å². The summed E-state index contributed by atoms with van der Waals surface area (Å²) in [7, 11) is 0. The van der Waals surface area contributed by atoms with Gasteiger partial charge < -0.3 is 14.5 Å². The van der Waals surface area contributed by atoms with E-state index in [0.29, 0.717) is 17.5 Å². The van der Waals surface area contributed by atoms with E-state index in [4.69, 9.17) is 9.15 Å². The third-order valence-corrected chi connectivity index (χ3v) is 2.87. The van der Waals surface area contributed by atoms with Gasteiger partial charge in [0.2, 0.25) is 5.89 Å². The van der Waals surface area contributed by atoms with Crippen LogP contribution in [0, 0.1) is 12.7 Å². The molecule has 0 spiro atoms. The second-order valence-electron chi connectivity index (χ2n) is 4.47. The van der Waals surface area contributed by atoms with Crippen LogP contribution in [0.1, 0.15) is 37.2 Å². The van der Waals surface area contributed by atoms with Gasteiger partial charge in [0, 0.05) is 24.6 Å². The number of hydrogen-bond donors (Lipinski definition) is 1. The molecule has 1 unspecified atom stereocenters. The molecule has 20 heavy (non-hydrogen) atoms. The molecule has 0 bridgehead atoms. The van der Waals surface area contributed by atoms with Crippen LogP contribution in [0.4, 0.5) is 4.39 Å². The van der Waals surface area contributed by atoms with Crippen LogP contribution in [-0.2, 0) is 6.61 Å². The third-order valence-electron chi connectivity index (χ3n) is 2.87. The van der Waals surface area contributed by atoms with Gasteiger partial charge in [0.1, 0.15) is 11.6 Å². The normalized spacial score (nSPS) is 12.4. The molecule has 0 saturated heterocycles. The molecule has 5 nitrogen and oxygen atoms in total. The average molecular weight is 279 g/mol. The smallest absolute Gasteiger partial charge is 0.253 e. The van der Waals surface area contributed by atoms with Gasteiger partial charge >= 0.3 is 0 Å². The first kappa shape index (κ1) is 14.5. The van der Waals surface area contributed by atoms with Gasteiger partial charge in [-0.3, -0.25) is 0 Å². The minimum absolute atomic E-state index is 0.0695. The summed E-state index contributed by atoms with van der Waals surface area (Å²) in [5.41, 5.74) is 0.893. The molecule has 1 aromatic heterocycles. The van der Waals surface area contributed by atoms with Crippen LogP contribution in [0.2, 0.25) is 0 Å². The van der Waals surface area contributed by atoms with Crippen LogP contribution in [0.15, 0.2) is 22.6 Å². The second-order valence-corrected chi connectivity index (χ2v) is 4.47. The van der Waals surface area contributed by atoms with Gasteiger partial charge in [0.15, 0.2) is 6.61 Å². The zero-order valence-corrected chi connectivity index (χ0v) is 11.8. The molecule has 2 rings (SSSR count). The number of rotatable bonds is 6. The highest BCUT2D eigenvalue weighted by molar-refractivity contribution is 5.36. The maximum absolute atomic E-state index is 13.4. The first-order valence-electron chi connectivity index (χ1n) is 6.54. The molecule has 1 atom stereocenters. The van der Waals surface area contributed by atoms with Crippen LogP contribution in [0.25, 0.3) is 0 Å². The fourth-order valence-electron chi connectivity index (χ4n) is 1.94. The molecule has 0 saturated carbocycles. The van der Waals surface area contributed by atoms with E-state index >= 15 is 0 Å². The fourth-order valence-corrected chi connectivity index (χ4v) is 1.94. The number of hydrogen-bond acceptors (Lipinski definition) is 5. The SMILES string of the molecule is CCNC(C)c1ccc(F)cc1OCc1nnc(C)o1. The Morgan fingerprint density at radius 3 is 2.85 bits per heavy atom. The highest BCUT2D eigenvalue weighted by Gasteiger charge is 2.13. The summed E-state index contributed by atoms with van der Waals surface area (Å²) in [6, 6.07) is 4.58. The van der Waals surface area contributed by atoms with Crippen molar-refractivity contribution in [1.82, 2.24) is 15.5 Å². The van der Waals surface area contributed by atoms with Crippen LogP contribution in [0.5, 0.6) is 5.75 Å². The molecular weight excluding hydrogens is 261 g/mol. The van der Waals surface area contributed by atoms with Crippen molar-refractivity contribution in [3.05, 3.63) is 41.4 Å². The summed E-state index contributed by atoms with van der Waals surface area (Å²) in [6.45, 7) is 6.66. The Morgan fingerprint density at radius 1 is 1.40 bits per heavy atom. The number of halogens is 1. The summed E-state index contributed by atoms with van der Waals surface area (Å²) in [5, 5.41) is 10.8. The number of nitrogens with one attached hydrogen (secondary N) is 1. The predicted octanol–water partition coefficient (Wildman–Crippen LogP) is 2.77. The van der Waals surface area contributed by atoms with Crippen molar-refractivity contribution in [1.29, 1.82) is 0 Å². The van der Waals surface area contributed by atoms with E-state index in [9.17, 15) is 4.39 Å². The molecule has 0 aliphatic rings. The summed E-state index contributed by atoms with van der Waals surface area (Å²) in [6.07, 6.45) is 0. The van der Waals surface area contributed by atoms with Crippen LogP contribution < -0.4 is 10.1 Å². The zero-order chi connectivity index (χ0) is 14.5. The summed E-state index contributed by atoms with van der Waals surface area (Å²) in [5.74, 6) is 0.987. The second kappa shape index (κ2) is 6.47. The fraction of sp³-hybridized carbons (Fsp3) is 0.429. The lowest BCUT2D eigenvalue weighted by molar-refractivity contribution is 0.255. The molecule has 6 heteroatoms. The molecular formula is C14H18FN3O2. The van der Waals surface area contributed by atoms with Crippen LogP contribution >= 0.6 is 0 Å². The van der Waals surface area contributed by atoms with E-state index in [1.165, 1.54) is 12.1 Å². The molecule has 0 radical (unpaired) electrons. The highest BCUT2D eigenvalue weighted by atomic mass is 19.1. The average Bonchev–Trinajstić information content (AvgIpc) is 2.82. The number of aromatic nitrogens is 2. The maximum atomic E-state index is 13.4. The predicted molar refractivity (Wildman–Crippen MR) is 71.9 cm³/mol. The first-order valence-corrected chi connectivity index (χ1v) is 6.54. The number of benzene rings is 1. The molecule has 2 aromatic rings. The van der Waals surface area contributed by atoms with E-state index in [1.54, 1.807) is 13.0 Å². The van der Waals surface area contributed by atoms with E-state index in [1.807, 2.05) is 13.8 Å². The van der Waals surface area contributed by atoms with Gasteiger partial charge in [0.25, 0.3) is 5.89 Å². The largest absolute Gasteiger partial charge is 0.483 e. The first-order chi connectivity index (χ1) is 9.60. The lowest BCUT2D eigenvalue weighted by Gasteiger charge is -2.17. The van der Waals surface area contributed by atoms with Gasteiger partial charge in [-0.1, -0.05) is 13.0 Å². The minimum atomic E-state index is -0.339. The lowest BCUT2D eigenvalue weighted by Crippen LogP contribution is -2.18. The Labute approximate surface area is 117 Å². The van der Waals surface area contributed by atoms with Crippen molar-refractivity contribution in [2.24, 2.45) is 0 Å². The van der Waals surface area contributed by atoms with Crippen molar-refractivity contribution in [3.63, 3.8) is 0 Å². The van der Waals surface area contributed by atoms with Crippen molar-refractivity contribution in [2.45, 2.75) is 33.4 Å². The molecule has 0 amide bonds. The van der Waals surface area contributed by atoms with E-state index in [2.05, 4.69) is 15.5 Å². The highest BCUT2D eigenvalue weighted by Crippen LogP contribution is 2.26. The Balaban J connectivity index is 2.14. The van der Waals surface area contributed by atoms with Gasteiger partial charge in [-0.25, -0.2) is 4.39 Å². The molecule has 0 fully saturated rings. The number of ether oxygens (including phenoxy) is 1. The lowest BCUT2D eigenvalue weighted by atomic mass is 10.1. The Bertz CT molecular complexity index is 571. The number of nitrogens with zero attached hydrogens (tertiary/aromatic N) is 2. The summed E-state index contributed by atoms with van der Waals surface area (Å²) < 4.78 is 24.2. The molecule has 0 aliphatic carbocycles. The van der Waals surface area contributed by atoms with Crippen molar-refractivity contribution >= 4 is 0 Å². The standard InChI is InChI=1S/C14H18FN3O2/c1-4-16-9(2)12-6-5-11(15)7-13(12)19-8-14-18-17-10(3)20-14/h5-7,9,16H,4,8H2,1-3H3. The van der Waals surface area contributed by atoms with E-state index in [-0.39, 0.29) is 18.5 Å². The van der Waals surface area contributed by atoms with Crippen molar-refractivity contribution < 1.29 is 13.5 Å². The monoisotopic (exact) mass is 279 g/mol. The van der Waals surface area contributed by atoms with Crippen molar-refractivity contribution in [3.8, 4) is 5.75 Å². The van der Waals surface area contributed by atoms with Gasteiger partial charge in [-0.2, -0.15) is 0 Å². The van der Waals surface area contributed by atoms with Gasteiger partial charge in [-0.05, 0) is 19.5 Å². The molecule has 1 heterocycles. The summed E-state index contributed by atoms with van der Waals surface area (Å²) in [4.78, 5) is 0. The van der Waals surface area contributed by atoms with Crippen LogP contribution in [-0.4, -0.2) is 16.7 Å². The van der Waals surface area contributed by atoms with Gasteiger partial charge in [0.05, 0.1) is 0 Å². The van der Waals surface area contributed by atoms with Crippen molar-refractivity contribution in [2.75, 3.05) is 6.54 Å². The zero-order valence-electron chi connectivity index (χ0n) is 11.8. The molecule has 108 valence electrons. The van der Waals surface area contributed by atoms with Crippen LogP contribution in [0.3, 0.4) is 0 Å². The topological polar surface area (TPSA) is 60.2 Å². The molecule has 1 aromatic carbocycles. The Hall–Kier alpha value is -1.95. The molecule has 0 aliphatic heterocycles. The Morgan fingerprint density at radius 2 is 2.20 bits per heavy atom.